The average Bonchev–Trinajstić information content (AvgIpc) is 2.46. The molecule has 0 aromatic rings. The van der Waals surface area contributed by atoms with Crippen LogP contribution >= 0.6 is 12.6 Å². The third kappa shape index (κ3) is 4.42. The summed E-state index contributed by atoms with van der Waals surface area (Å²) >= 11 is 4.47. The van der Waals surface area contributed by atoms with Crippen molar-refractivity contribution in [1.29, 1.82) is 0 Å². The van der Waals surface area contributed by atoms with Gasteiger partial charge in [-0.15, -0.1) is 0 Å². The summed E-state index contributed by atoms with van der Waals surface area (Å²) < 4.78 is 0. The van der Waals surface area contributed by atoms with Crippen LogP contribution in [-0.2, 0) is 0 Å². The van der Waals surface area contributed by atoms with E-state index < -0.39 is 0 Å². The van der Waals surface area contributed by atoms with Crippen LogP contribution in [0.3, 0.4) is 0 Å². The number of rotatable bonds is 5. The number of hydrogen-bond acceptors (Lipinski definition) is 1. The Morgan fingerprint density at radius 2 is 1.79 bits per heavy atom. The van der Waals surface area contributed by atoms with Crippen LogP contribution in [0.2, 0.25) is 0 Å². The molecule has 0 amide bonds. The molecule has 2 unspecified atom stereocenters. The van der Waals surface area contributed by atoms with Crippen molar-refractivity contribution in [2.24, 2.45) is 5.92 Å². The van der Waals surface area contributed by atoms with Crippen LogP contribution in [0.25, 0.3) is 0 Å². The summed E-state index contributed by atoms with van der Waals surface area (Å²) in [5.41, 5.74) is 4.74. The highest BCUT2D eigenvalue weighted by Gasteiger charge is 2.15. The van der Waals surface area contributed by atoms with Crippen LogP contribution in [0.15, 0.2) is 47.1 Å². The Labute approximate surface area is 123 Å². The normalized spacial score (nSPS) is 22.4. The molecule has 0 spiro atoms. The Morgan fingerprint density at radius 3 is 2.37 bits per heavy atom. The molecule has 104 valence electrons. The van der Waals surface area contributed by atoms with E-state index in [-0.39, 0.29) is 0 Å². The van der Waals surface area contributed by atoms with Crippen molar-refractivity contribution in [1.82, 2.24) is 0 Å². The summed E-state index contributed by atoms with van der Waals surface area (Å²) in [6.07, 6.45) is 18.9. The van der Waals surface area contributed by atoms with E-state index in [2.05, 4.69) is 56.9 Å². The van der Waals surface area contributed by atoms with Crippen molar-refractivity contribution in [3.05, 3.63) is 47.1 Å². The first-order valence-corrected chi connectivity index (χ1v) is 8.12. The van der Waals surface area contributed by atoms with Gasteiger partial charge in [-0.2, -0.15) is 12.6 Å². The fourth-order valence-corrected chi connectivity index (χ4v) is 3.03. The maximum atomic E-state index is 4.47. The van der Waals surface area contributed by atoms with Gasteiger partial charge in [0, 0.05) is 0 Å². The topological polar surface area (TPSA) is 0 Å². The van der Waals surface area contributed by atoms with Crippen molar-refractivity contribution in [2.75, 3.05) is 0 Å². The van der Waals surface area contributed by atoms with Crippen LogP contribution in [0.4, 0.5) is 0 Å². The molecule has 0 heterocycles. The van der Waals surface area contributed by atoms with Crippen molar-refractivity contribution < 1.29 is 0 Å². The molecule has 1 heteroatoms. The molecule has 2 atom stereocenters. The van der Waals surface area contributed by atoms with Gasteiger partial charge in [0.25, 0.3) is 0 Å². The van der Waals surface area contributed by atoms with Gasteiger partial charge in [0.2, 0.25) is 0 Å². The molecule has 0 fully saturated rings. The molecule has 0 N–H and O–H groups in total. The Hall–Kier alpha value is -0.690. The van der Waals surface area contributed by atoms with Gasteiger partial charge in [-0.1, -0.05) is 49.8 Å². The first kappa shape index (κ1) is 14.7. The second kappa shape index (κ2) is 7.19. The predicted molar refractivity (Wildman–Crippen MR) is 88.7 cm³/mol. The lowest BCUT2D eigenvalue weighted by molar-refractivity contribution is 0.556. The third-order valence-corrected chi connectivity index (χ3v) is 4.52. The minimum atomic E-state index is 0.525. The van der Waals surface area contributed by atoms with E-state index in [4.69, 9.17) is 0 Å². The molecule has 0 saturated heterocycles. The molecule has 0 nitrogen and oxygen atoms in total. The third-order valence-electron chi connectivity index (χ3n) is 4.26. The number of thiol groups is 1. The molecule has 0 radical (unpaired) electrons. The first-order chi connectivity index (χ1) is 9.16. The minimum absolute atomic E-state index is 0.525. The van der Waals surface area contributed by atoms with E-state index in [0.717, 1.165) is 0 Å². The number of hydrogen-bond donors (Lipinski definition) is 1. The SMILES string of the molecule is CC(S)CCC(C)C1=CC=C(C2=CC=CCC2)CC1. The van der Waals surface area contributed by atoms with Gasteiger partial charge < -0.3 is 0 Å². The Bertz CT molecular complexity index is 421. The van der Waals surface area contributed by atoms with Crippen molar-refractivity contribution in [3.8, 4) is 0 Å². The summed E-state index contributed by atoms with van der Waals surface area (Å²) in [6.45, 7) is 4.55. The zero-order valence-corrected chi connectivity index (χ0v) is 13.1. The standard InChI is InChI=1S/C18H26S/c1-14(8-9-15(2)19)16-10-12-18(13-11-16)17-6-4-3-5-7-17/h3-4,6,10,12,14-15,19H,5,7-9,11,13H2,1-2H3. The lowest BCUT2D eigenvalue weighted by Gasteiger charge is -2.22. The first-order valence-electron chi connectivity index (χ1n) is 7.60. The average molecular weight is 274 g/mol. The van der Waals surface area contributed by atoms with E-state index in [1.54, 1.807) is 16.7 Å². The van der Waals surface area contributed by atoms with E-state index in [1.807, 2.05) is 0 Å². The second-order valence-corrected chi connectivity index (χ2v) is 6.80. The smallest absolute Gasteiger partial charge is 0.00114 e. The summed E-state index contributed by atoms with van der Waals surface area (Å²) in [5.74, 6) is 0.715. The molecule has 0 bridgehead atoms. The van der Waals surface area contributed by atoms with Gasteiger partial charge in [-0.3, -0.25) is 0 Å². The Morgan fingerprint density at radius 1 is 1.00 bits per heavy atom. The van der Waals surface area contributed by atoms with Gasteiger partial charge >= 0.3 is 0 Å². The molecule has 2 aliphatic rings. The van der Waals surface area contributed by atoms with Gasteiger partial charge in [0.05, 0.1) is 0 Å². The molecular formula is C18H26S. The van der Waals surface area contributed by atoms with Gasteiger partial charge in [0.15, 0.2) is 0 Å². The van der Waals surface area contributed by atoms with E-state index in [1.165, 1.54) is 38.5 Å². The van der Waals surface area contributed by atoms with Gasteiger partial charge in [0.1, 0.15) is 0 Å². The molecule has 19 heavy (non-hydrogen) atoms. The summed E-state index contributed by atoms with van der Waals surface area (Å²) in [7, 11) is 0. The summed E-state index contributed by atoms with van der Waals surface area (Å²) in [6, 6.07) is 0. The molecular weight excluding hydrogens is 248 g/mol. The van der Waals surface area contributed by atoms with Crippen molar-refractivity contribution >= 4 is 12.6 Å². The highest BCUT2D eigenvalue weighted by molar-refractivity contribution is 7.80. The quantitative estimate of drug-likeness (QED) is 0.616. The minimum Gasteiger partial charge on any atom is -0.176 e. The Balaban J connectivity index is 1.95. The molecule has 0 saturated carbocycles. The molecule has 0 aliphatic heterocycles. The van der Waals surface area contributed by atoms with Crippen LogP contribution in [0.5, 0.6) is 0 Å². The number of allylic oxidation sites excluding steroid dienone is 8. The highest BCUT2D eigenvalue weighted by atomic mass is 32.1. The van der Waals surface area contributed by atoms with E-state index >= 15 is 0 Å². The van der Waals surface area contributed by atoms with Crippen LogP contribution in [0.1, 0.15) is 52.4 Å². The zero-order valence-electron chi connectivity index (χ0n) is 12.2. The fourth-order valence-electron chi connectivity index (χ4n) is 2.88. The maximum Gasteiger partial charge on any atom is -0.00114 e. The second-order valence-electron chi connectivity index (χ2n) is 5.92. The van der Waals surface area contributed by atoms with Crippen molar-refractivity contribution in [2.45, 2.75) is 57.6 Å². The van der Waals surface area contributed by atoms with Crippen molar-refractivity contribution in [3.63, 3.8) is 0 Å². The van der Waals surface area contributed by atoms with Crippen LogP contribution in [0, 0.1) is 5.92 Å². The maximum absolute atomic E-state index is 4.47. The van der Waals surface area contributed by atoms with E-state index in [9.17, 15) is 0 Å². The highest BCUT2D eigenvalue weighted by Crippen LogP contribution is 2.32. The van der Waals surface area contributed by atoms with E-state index in [0.29, 0.717) is 11.2 Å². The Kier molecular flexibility index (Phi) is 5.57. The van der Waals surface area contributed by atoms with Crippen LogP contribution < -0.4 is 0 Å². The summed E-state index contributed by atoms with van der Waals surface area (Å²) in [5, 5.41) is 0.525. The fraction of sp³-hybridized carbons (Fsp3) is 0.556. The molecule has 2 aliphatic carbocycles. The van der Waals surface area contributed by atoms with Gasteiger partial charge in [-0.25, -0.2) is 0 Å². The lowest BCUT2D eigenvalue weighted by atomic mass is 9.84. The molecule has 2 rings (SSSR count). The monoisotopic (exact) mass is 274 g/mol. The predicted octanol–water partition coefficient (Wildman–Crippen LogP) is 5.64. The lowest BCUT2D eigenvalue weighted by Crippen LogP contribution is -2.06. The summed E-state index contributed by atoms with van der Waals surface area (Å²) in [4.78, 5) is 0. The van der Waals surface area contributed by atoms with Gasteiger partial charge in [-0.05, 0) is 60.8 Å². The van der Waals surface area contributed by atoms with Crippen LogP contribution in [-0.4, -0.2) is 5.25 Å². The molecule has 0 aromatic carbocycles. The largest absolute Gasteiger partial charge is 0.176 e. The molecule has 0 aromatic heterocycles. The zero-order chi connectivity index (χ0) is 13.7.